The number of carbonyl (C=O) groups excluding carboxylic acids is 1. The lowest BCUT2D eigenvalue weighted by Gasteiger charge is -2.09. The Bertz CT molecular complexity index is 1230. The number of fused-ring (bicyclic) bond motifs is 2. The number of hydrogen-bond acceptors (Lipinski definition) is 3. The molecule has 0 saturated heterocycles. The maximum atomic E-state index is 12.9. The van der Waals surface area contributed by atoms with Crippen LogP contribution >= 0.6 is 10.5 Å². The quantitative estimate of drug-likeness (QED) is 0.241. The van der Waals surface area contributed by atoms with Crippen LogP contribution in [0.2, 0.25) is 0 Å². The third kappa shape index (κ3) is 3.61. The fraction of sp³-hybridized carbons (Fsp3) is 0.0909. The summed E-state index contributed by atoms with van der Waals surface area (Å²) in [6, 6.07) is 20.6. The first kappa shape index (κ1) is 19.1. The van der Waals surface area contributed by atoms with Crippen LogP contribution in [0.15, 0.2) is 77.6 Å². The van der Waals surface area contributed by atoms with Crippen molar-refractivity contribution in [2.75, 3.05) is 6.61 Å². The van der Waals surface area contributed by atoms with E-state index in [0.29, 0.717) is 15.7 Å². The van der Waals surface area contributed by atoms with E-state index in [2.05, 4.69) is 4.74 Å². The number of esters is 1. The van der Waals surface area contributed by atoms with Crippen LogP contribution in [-0.4, -0.2) is 18.8 Å². The zero-order valence-corrected chi connectivity index (χ0v) is 15.7. The Morgan fingerprint density at radius 3 is 1.93 bits per heavy atom. The molecule has 0 spiro atoms. The van der Waals surface area contributed by atoms with Gasteiger partial charge in [-0.2, -0.15) is 13.2 Å². The van der Waals surface area contributed by atoms with Crippen LogP contribution < -0.4 is 5.43 Å². The zero-order chi connectivity index (χ0) is 20.6. The van der Waals surface area contributed by atoms with Crippen LogP contribution in [0.4, 0.5) is 13.2 Å². The topological polar surface area (TPSA) is 43.4 Å². The van der Waals surface area contributed by atoms with E-state index < -0.39 is 29.2 Å². The molecule has 1 aromatic heterocycles. The van der Waals surface area contributed by atoms with Crippen molar-refractivity contribution in [3.63, 3.8) is 0 Å². The zero-order valence-electron chi connectivity index (χ0n) is 14.9. The molecule has 0 bridgehead atoms. The van der Waals surface area contributed by atoms with Gasteiger partial charge in [-0.15, -0.1) is 0 Å². The largest absolute Gasteiger partial charge is 0.452 e. The Kier molecular flexibility index (Phi) is 4.84. The van der Waals surface area contributed by atoms with Crippen molar-refractivity contribution < 1.29 is 22.7 Å². The lowest BCUT2D eigenvalue weighted by atomic mass is 10.2. The van der Waals surface area contributed by atoms with Crippen molar-refractivity contribution in [2.24, 2.45) is 0 Å². The first-order valence-corrected chi connectivity index (χ1v) is 9.89. The monoisotopic (exact) mass is 415 g/mol. The van der Waals surface area contributed by atoms with Gasteiger partial charge in [0.1, 0.15) is 5.56 Å². The molecule has 1 heterocycles. The van der Waals surface area contributed by atoms with Crippen molar-refractivity contribution in [1.29, 1.82) is 0 Å². The third-order valence-corrected chi connectivity index (χ3v) is 6.78. The molecule has 4 rings (SSSR count). The molecule has 0 amide bonds. The standard InChI is InChI=1S/C22H14F3O3S/c23-22(24,25)13-28-21(27)16-9-3-6-12-19(16)29-17-10-4-1-7-14(17)20(26)15-8-2-5-11-18(15)29/h1-12H,13H2/q+1. The van der Waals surface area contributed by atoms with Crippen molar-refractivity contribution in [3.05, 3.63) is 88.6 Å². The number of benzene rings is 3. The Morgan fingerprint density at radius 1 is 0.828 bits per heavy atom. The Labute approximate surface area is 165 Å². The number of rotatable bonds is 3. The number of ether oxygens (including phenoxy) is 1. The van der Waals surface area contributed by atoms with E-state index in [1.54, 1.807) is 54.6 Å². The number of hydrogen-bond donors (Lipinski definition) is 0. The molecule has 0 unspecified atom stereocenters. The molecule has 0 atom stereocenters. The second-order valence-electron chi connectivity index (χ2n) is 6.32. The van der Waals surface area contributed by atoms with Crippen LogP contribution in [-0.2, 0) is 4.74 Å². The van der Waals surface area contributed by atoms with Gasteiger partial charge in [-0.05, 0) is 36.4 Å². The Hall–Kier alpha value is -3.19. The highest BCUT2D eigenvalue weighted by Gasteiger charge is 2.32. The summed E-state index contributed by atoms with van der Waals surface area (Å²) in [5.74, 6) is -1.04. The third-order valence-electron chi connectivity index (χ3n) is 4.40. The van der Waals surface area contributed by atoms with Crippen molar-refractivity contribution in [1.82, 2.24) is 0 Å². The molecule has 0 aliphatic rings. The predicted octanol–water partition coefficient (Wildman–Crippen LogP) is 5.81. The van der Waals surface area contributed by atoms with Gasteiger partial charge in [0.25, 0.3) is 0 Å². The maximum Gasteiger partial charge on any atom is 0.422 e. The molecule has 4 aromatic rings. The minimum atomic E-state index is -4.61. The second-order valence-corrected chi connectivity index (χ2v) is 8.25. The van der Waals surface area contributed by atoms with Crippen LogP contribution in [0, 0.1) is 0 Å². The van der Waals surface area contributed by atoms with Gasteiger partial charge in [-0.25, -0.2) is 4.79 Å². The first-order chi connectivity index (χ1) is 13.9. The molecule has 0 aliphatic carbocycles. The fourth-order valence-corrected chi connectivity index (χ4v) is 5.69. The van der Waals surface area contributed by atoms with Crippen LogP contribution in [0.5, 0.6) is 0 Å². The van der Waals surface area contributed by atoms with E-state index in [-0.39, 0.29) is 11.0 Å². The van der Waals surface area contributed by atoms with Crippen LogP contribution in [0.25, 0.3) is 25.1 Å². The summed E-state index contributed by atoms with van der Waals surface area (Å²) in [6.45, 7) is -1.65. The van der Waals surface area contributed by atoms with Gasteiger partial charge in [0.15, 0.2) is 20.9 Å². The summed E-state index contributed by atoms with van der Waals surface area (Å²) in [7, 11) is -0.838. The highest BCUT2D eigenvalue weighted by Crippen LogP contribution is 2.44. The van der Waals surface area contributed by atoms with E-state index in [4.69, 9.17) is 0 Å². The van der Waals surface area contributed by atoms with E-state index in [1.807, 2.05) is 12.1 Å². The molecule has 0 radical (unpaired) electrons. The summed E-state index contributed by atoms with van der Waals surface area (Å²) in [6.07, 6.45) is -4.61. The summed E-state index contributed by atoms with van der Waals surface area (Å²) >= 11 is 0. The van der Waals surface area contributed by atoms with E-state index in [0.717, 1.165) is 9.40 Å². The molecule has 3 aromatic carbocycles. The minimum Gasteiger partial charge on any atom is -0.452 e. The van der Waals surface area contributed by atoms with Crippen molar-refractivity contribution in [3.8, 4) is 4.90 Å². The molecular formula is C22H14F3O3S+. The normalized spacial score (nSPS) is 11.7. The van der Waals surface area contributed by atoms with E-state index in [1.165, 1.54) is 6.07 Å². The van der Waals surface area contributed by atoms with E-state index in [9.17, 15) is 22.8 Å². The van der Waals surface area contributed by atoms with Crippen LogP contribution in [0.3, 0.4) is 0 Å². The molecule has 7 heteroatoms. The minimum absolute atomic E-state index is 0.0547. The van der Waals surface area contributed by atoms with Gasteiger partial charge in [0.2, 0.25) is 5.43 Å². The van der Waals surface area contributed by atoms with Crippen molar-refractivity contribution in [2.45, 2.75) is 6.18 Å². The maximum absolute atomic E-state index is 12.9. The summed E-state index contributed by atoms with van der Waals surface area (Å²) in [5.41, 5.74) is -0.0592. The summed E-state index contributed by atoms with van der Waals surface area (Å²) in [5, 5.41) is 1.04. The average Bonchev–Trinajstić information content (AvgIpc) is 2.72. The second kappa shape index (κ2) is 7.33. The summed E-state index contributed by atoms with van der Waals surface area (Å²) < 4.78 is 43.5. The smallest absolute Gasteiger partial charge is 0.422 e. The average molecular weight is 415 g/mol. The molecule has 146 valence electrons. The number of alkyl halides is 3. The summed E-state index contributed by atoms with van der Waals surface area (Å²) in [4.78, 5) is 25.9. The highest BCUT2D eigenvalue weighted by molar-refractivity contribution is 7.49. The Balaban J connectivity index is 2.00. The fourth-order valence-electron chi connectivity index (χ4n) is 3.20. The Morgan fingerprint density at radius 2 is 1.34 bits per heavy atom. The molecule has 0 aliphatic heterocycles. The molecule has 0 N–H and O–H groups in total. The van der Waals surface area contributed by atoms with Gasteiger partial charge in [-0.1, -0.05) is 36.4 Å². The molecule has 29 heavy (non-hydrogen) atoms. The van der Waals surface area contributed by atoms with Gasteiger partial charge >= 0.3 is 12.1 Å². The van der Waals surface area contributed by atoms with Gasteiger partial charge < -0.3 is 4.74 Å². The molecule has 0 saturated carbocycles. The highest BCUT2D eigenvalue weighted by atomic mass is 32.2. The van der Waals surface area contributed by atoms with Gasteiger partial charge in [0, 0.05) is 10.5 Å². The van der Waals surface area contributed by atoms with Crippen molar-refractivity contribution >= 4 is 36.6 Å². The molecule has 0 fully saturated rings. The van der Waals surface area contributed by atoms with Gasteiger partial charge in [0.05, 0.1) is 10.8 Å². The lowest BCUT2D eigenvalue weighted by Crippen LogP contribution is -2.20. The number of carbonyl (C=O) groups is 1. The predicted molar refractivity (Wildman–Crippen MR) is 108 cm³/mol. The molecule has 3 nitrogen and oxygen atoms in total. The van der Waals surface area contributed by atoms with Gasteiger partial charge in [-0.3, -0.25) is 4.79 Å². The SMILES string of the molecule is O=C(OCC(F)(F)F)c1ccccc1-[s+]1c2ccccc2c(=O)c2ccccc21. The van der Waals surface area contributed by atoms with Crippen LogP contribution in [0.1, 0.15) is 10.4 Å². The molecular weight excluding hydrogens is 401 g/mol. The lowest BCUT2D eigenvalue weighted by molar-refractivity contribution is -0.161. The number of halogens is 3. The first-order valence-electron chi connectivity index (χ1n) is 8.67. The van der Waals surface area contributed by atoms with E-state index >= 15 is 0 Å².